The Labute approximate surface area is 73.6 Å². The molecule has 1 saturated carbocycles. The van der Waals surface area contributed by atoms with Crippen LogP contribution in [0.2, 0.25) is 0 Å². The van der Waals surface area contributed by atoms with Crippen molar-refractivity contribution in [2.24, 2.45) is 0 Å². The first-order chi connectivity index (χ1) is 5.60. The van der Waals surface area contributed by atoms with Gasteiger partial charge in [-0.3, -0.25) is 4.79 Å². The molecule has 0 aromatic carbocycles. The fraction of sp³-hybridized carbons (Fsp3) is 0.700. The molecule has 0 saturated heterocycles. The number of methoxy groups -OCH3 is 1. The summed E-state index contributed by atoms with van der Waals surface area (Å²) in [7, 11) is 1.62. The number of allylic oxidation sites excluding steroid dienone is 1. The lowest BCUT2D eigenvalue weighted by Crippen LogP contribution is -2.41. The Balaban J connectivity index is 2.69. The molecular formula is C10H16O2. The number of rotatable bonds is 2. The molecule has 0 N–H and O–H groups in total. The van der Waals surface area contributed by atoms with E-state index in [0.29, 0.717) is 0 Å². The fourth-order valence-electron chi connectivity index (χ4n) is 1.71. The quantitative estimate of drug-likeness (QED) is 0.590. The standard InChI is InChI=1S/C10H16O2/c1-8-4-6-10(12-3,7-5-8)9(2)11/h1,4-7H2,2-3H3. The second-order valence-electron chi connectivity index (χ2n) is 3.50. The van der Waals surface area contributed by atoms with Crippen molar-refractivity contribution in [1.29, 1.82) is 0 Å². The molecule has 0 aromatic rings. The number of hydrogen-bond acceptors (Lipinski definition) is 2. The van der Waals surface area contributed by atoms with Crippen LogP contribution in [-0.2, 0) is 9.53 Å². The summed E-state index contributed by atoms with van der Waals surface area (Å²) in [5, 5.41) is 0. The summed E-state index contributed by atoms with van der Waals surface area (Å²) in [6, 6.07) is 0. The summed E-state index contributed by atoms with van der Waals surface area (Å²) < 4.78 is 5.30. The zero-order chi connectivity index (χ0) is 9.19. The maximum absolute atomic E-state index is 11.3. The van der Waals surface area contributed by atoms with Crippen LogP contribution in [-0.4, -0.2) is 18.5 Å². The van der Waals surface area contributed by atoms with Gasteiger partial charge in [-0.2, -0.15) is 0 Å². The molecule has 0 amide bonds. The van der Waals surface area contributed by atoms with Gasteiger partial charge in [0.2, 0.25) is 0 Å². The van der Waals surface area contributed by atoms with E-state index in [4.69, 9.17) is 4.74 Å². The molecule has 0 heterocycles. The van der Waals surface area contributed by atoms with Crippen molar-refractivity contribution in [2.75, 3.05) is 7.11 Å². The van der Waals surface area contributed by atoms with Crippen LogP contribution in [0.4, 0.5) is 0 Å². The topological polar surface area (TPSA) is 26.3 Å². The molecule has 12 heavy (non-hydrogen) atoms. The number of carbonyl (C=O) groups excluding carboxylic acids is 1. The molecule has 1 aliphatic carbocycles. The van der Waals surface area contributed by atoms with Gasteiger partial charge in [0, 0.05) is 7.11 Å². The lowest BCUT2D eigenvalue weighted by Gasteiger charge is -2.34. The molecule has 2 heteroatoms. The van der Waals surface area contributed by atoms with E-state index < -0.39 is 5.60 Å². The van der Waals surface area contributed by atoms with E-state index >= 15 is 0 Å². The molecule has 0 aliphatic heterocycles. The normalized spacial score (nSPS) is 22.3. The van der Waals surface area contributed by atoms with Crippen LogP contribution in [0.25, 0.3) is 0 Å². The molecule has 68 valence electrons. The van der Waals surface area contributed by atoms with Gasteiger partial charge in [-0.05, 0) is 32.6 Å². The predicted octanol–water partition coefficient (Wildman–Crippen LogP) is 2.09. The van der Waals surface area contributed by atoms with E-state index in [2.05, 4.69) is 6.58 Å². The Morgan fingerprint density at radius 2 is 2.00 bits per heavy atom. The largest absolute Gasteiger partial charge is 0.370 e. The molecule has 0 radical (unpaired) electrons. The lowest BCUT2D eigenvalue weighted by atomic mass is 9.80. The third-order valence-corrected chi connectivity index (χ3v) is 2.80. The SMILES string of the molecule is C=C1CCC(OC)(C(C)=O)CC1. The van der Waals surface area contributed by atoms with E-state index in [1.165, 1.54) is 5.57 Å². The van der Waals surface area contributed by atoms with Gasteiger partial charge >= 0.3 is 0 Å². The van der Waals surface area contributed by atoms with Crippen LogP contribution in [0, 0.1) is 0 Å². The van der Waals surface area contributed by atoms with Crippen molar-refractivity contribution in [3.8, 4) is 0 Å². The zero-order valence-electron chi connectivity index (χ0n) is 7.85. The van der Waals surface area contributed by atoms with Crippen LogP contribution in [0.1, 0.15) is 32.6 Å². The van der Waals surface area contributed by atoms with Crippen LogP contribution in [0.15, 0.2) is 12.2 Å². The van der Waals surface area contributed by atoms with E-state index in [-0.39, 0.29) is 5.78 Å². The molecule has 0 spiro atoms. The van der Waals surface area contributed by atoms with E-state index in [1.807, 2.05) is 0 Å². The average Bonchev–Trinajstić information content (AvgIpc) is 2.06. The van der Waals surface area contributed by atoms with E-state index in [9.17, 15) is 4.79 Å². The predicted molar refractivity (Wildman–Crippen MR) is 48.0 cm³/mol. The summed E-state index contributed by atoms with van der Waals surface area (Å²) in [6.45, 7) is 5.52. The Morgan fingerprint density at radius 1 is 1.50 bits per heavy atom. The summed E-state index contributed by atoms with van der Waals surface area (Å²) in [4.78, 5) is 11.3. The third-order valence-electron chi connectivity index (χ3n) is 2.80. The monoisotopic (exact) mass is 168 g/mol. The maximum atomic E-state index is 11.3. The van der Waals surface area contributed by atoms with Gasteiger partial charge in [0.15, 0.2) is 5.78 Å². The first-order valence-electron chi connectivity index (χ1n) is 4.33. The van der Waals surface area contributed by atoms with Crippen molar-refractivity contribution in [2.45, 2.75) is 38.2 Å². The van der Waals surface area contributed by atoms with Gasteiger partial charge in [0.1, 0.15) is 5.60 Å². The van der Waals surface area contributed by atoms with Gasteiger partial charge in [-0.25, -0.2) is 0 Å². The average molecular weight is 168 g/mol. The maximum Gasteiger partial charge on any atom is 0.161 e. The first-order valence-corrected chi connectivity index (χ1v) is 4.33. The summed E-state index contributed by atoms with van der Waals surface area (Å²) in [6.07, 6.45) is 3.45. The Bertz CT molecular complexity index is 196. The van der Waals surface area contributed by atoms with E-state index in [1.54, 1.807) is 14.0 Å². The minimum absolute atomic E-state index is 0.150. The Hall–Kier alpha value is -0.630. The van der Waals surface area contributed by atoms with Gasteiger partial charge in [0.25, 0.3) is 0 Å². The van der Waals surface area contributed by atoms with Gasteiger partial charge < -0.3 is 4.74 Å². The highest BCUT2D eigenvalue weighted by atomic mass is 16.5. The number of ether oxygens (including phenoxy) is 1. The van der Waals surface area contributed by atoms with Crippen molar-refractivity contribution in [1.82, 2.24) is 0 Å². The second kappa shape index (κ2) is 3.40. The minimum atomic E-state index is -0.499. The molecule has 1 rings (SSSR count). The number of ketones is 1. The van der Waals surface area contributed by atoms with Gasteiger partial charge in [0.05, 0.1) is 0 Å². The summed E-state index contributed by atoms with van der Waals surface area (Å²) in [5.41, 5.74) is 0.741. The molecule has 0 bridgehead atoms. The Kier molecular flexibility index (Phi) is 2.68. The molecule has 2 nitrogen and oxygen atoms in total. The van der Waals surface area contributed by atoms with Crippen molar-refractivity contribution >= 4 is 5.78 Å². The number of Topliss-reactive ketones (excluding diaryl/α,β-unsaturated/α-hetero) is 1. The molecule has 0 atom stereocenters. The summed E-state index contributed by atoms with van der Waals surface area (Å²) in [5.74, 6) is 0.150. The number of hydrogen-bond donors (Lipinski definition) is 0. The van der Waals surface area contributed by atoms with Gasteiger partial charge in [-0.1, -0.05) is 12.2 Å². The lowest BCUT2D eigenvalue weighted by molar-refractivity contribution is -0.141. The van der Waals surface area contributed by atoms with Crippen molar-refractivity contribution in [3.63, 3.8) is 0 Å². The molecule has 1 fully saturated rings. The summed E-state index contributed by atoms with van der Waals surface area (Å²) >= 11 is 0. The minimum Gasteiger partial charge on any atom is -0.370 e. The molecule has 0 unspecified atom stereocenters. The molecular weight excluding hydrogens is 152 g/mol. The smallest absolute Gasteiger partial charge is 0.161 e. The van der Waals surface area contributed by atoms with Gasteiger partial charge in [-0.15, -0.1) is 0 Å². The highest BCUT2D eigenvalue weighted by molar-refractivity contribution is 5.85. The van der Waals surface area contributed by atoms with Crippen molar-refractivity contribution < 1.29 is 9.53 Å². The highest BCUT2D eigenvalue weighted by Gasteiger charge is 2.37. The second-order valence-corrected chi connectivity index (χ2v) is 3.50. The van der Waals surface area contributed by atoms with Crippen LogP contribution in [0.5, 0.6) is 0 Å². The first kappa shape index (κ1) is 9.46. The fourth-order valence-corrected chi connectivity index (χ4v) is 1.71. The Morgan fingerprint density at radius 3 is 2.33 bits per heavy atom. The van der Waals surface area contributed by atoms with Crippen LogP contribution in [0.3, 0.4) is 0 Å². The van der Waals surface area contributed by atoms with Crippen molar-refractivity contribution in [3.05, 3.63) is 12.2 Å². The van der Waals surface area contributed by atoms with E-state index in [0.717, 1.165) is 25.7 Å². The third kappa shape index (κ3) is 1.58. The van der Waals surface area contributed by atoms with Crippen LogP contribution < -0.4 is 0 Å². The van der Waals surface area contributed by atoms with Crippen LogP contribution >= 0.6 is 0 Å². The highest BCUT2D eigenvalue weighted by Crippen LogP contribution is 2.33. The molecule has 0 aromatic heterocycles. The zero-order valence-corrected chi connectivity index (χ0v) is 7.85. The number of carbonyl (C=O) groups is 1. The molecule has 1 aliphatic rings.